The molecule has 0 unspecified atom stereocenters. The second-order valence-electron chi connectivity index (χ2n) is 6.74. The third kappa shape index (κ3) is 5.47. The zero-order valence-corrected chi connectivity index (χ0v) is 16.9. The van der Waals surface area contributed by atoms with Crippen LogP contribution in [0.1, 0.15) is 29.1 Å². The molecule has 1 aliphatic rings. The minimum Gasteiger partial charge on any atom is -0.454 e. The van der Waals surface area contributed by atoms with Crippen LogP contribution in [-0.2, 0) is 20.9 Å². The van der Waals surface area contributed by atoms with Gasteiger partial charge in [-0.3, -0.25) is 9.59 Å². The molecule has 0 spiro atoms. The van der Waals surface area contributed by atoms with Crippen LogP contribution in [0.5, 0.6) is 11.5 Å². The maximum atomic E-state index is 12.4. The van der Waals surface area contributed by atoms with Gasteiger partial charge in [0.05, 0.1) is 4.88 Å². The molecular weight excluding hydrogens is 396 g/mol. The summed E-state index contributed by atoms with van der Waals surface area (Å²) < 4.78 is 15.6. The van der Waals surface area contributed by atoms with Crippen LogP contribution in [0, 0.1) is 5.92 Å². The quantitative estimate of drug-likeness (QED) is 0.637. The van der Waals surface area contributed by atoms with E-state index in [1.807, 2.05) is 6.07 Å². The molecule has 1 aromatic carbocycles. The second kappa shape index (κ2) is 9.42. The van der Waals surface area contributed by atoms with Crippen LogP contribution in [0.15, 0.2) is 35.7 Å². The number of rotatable bonds is 8. The number of benzene rings is 1. The Balaban J connectivity index is 1.46. The summed E-state index contributed by atoms with van der Waals surface area (Å²) in [7, 11) is 0. The van der Waals surface area contributed by atoms with E-state index in [1.54, 1.807) is 43.5 Å². The highest BCUT2D eigenvalue weighted by Crippen LogP contribution is 2.32. The summed E-state index contributed by atoms with van der Waals surface area (Å²) in [5.41, 5.74) is 0.831. The lowest BCUT2D eigenvalue weighted by molar-refractivity contribution is -0.151. The summed E-state index contributed by atoms with van der Waals surface area (Å²) in [6.07, 6.45) is 0. The number of thiophene rings is 1. The third-order valence-corrected chi connectivity index (χ3v) is 5.09. The molecule has 3 rings (SSSR count). The zero-order chi connectivity index (χ0) is 20.8. The lowest BCUT2D eigenvalue weighted by atomic mass is 10.0. The van der Waals surface area contributed by atoms with E-state index in [9.17, 15) is 14.4 Å². The molecule has 2 N–H and O–H groups in total. The minimum atomic E-state index is -0.841. The lowest BCUT2D eigenvalue weighted by Gasteiger charge is -2.20. The Hall–Kier alpha value is -3.07. The Bertz CT molecular complexity index is 881. The van der Waals surface area contributed by atoms with Gasteiger partial charge in [-0.1, -0.05) is 26.0 Å². The number of hydrogen-bond acceptors (Lipinski definition) is 7. The molecule has 1 aromatic heterocycles. The van der Waals surface area contributed by atoms with Crippen molar-refractivity contribution in [2.75, 3.05) is 13.4 Å². The SMILES string of the molecule is CC(C)[C@H](NC(=O)c1cccs1)C(=O)OCC(=O)NCc1ccc2c(c1)OCO2. The van der Waals surface area contributed by atoms with E-state index in [0.717, 1.165) is 5.56 Å². The molecule has 2 amide bonds. The number of carbonyl (C=O) groups excluding carboxylic acids is 3. The summed E-state index contributed by atoms with van der Waals surface area (Å²) in [6, 6.07) is 7.95. The topological polar surface area (TPSA) is 103 Å². The molecule has 2 aromatic rings. The number of ether oxygens (including phenoxy) is 3. The van der Waals surface area contributed by atoms with Crippen molar-refractivity contribution in [1.82, 2.24) is 10.6 Å². The Kier molecular flexibility index (Phi) is 6.71. The fourth-order valence-corrected chi connectivity index (χ4v) is 3.27. The summed E-state index contributed by atoms with van der Waals surface area (Å²) in [4.78, 5) is 37.1. The van der Waals surface area contributed by atoms with E-state index in [4.69, 9.17) is 14.2 Å². The van der Waals surface area contributed by atoms with E-state index >= 15 is 0 Å². The third-order valence-electron chi connectivity index (χ3n) is 4.22. The molecule has 1 atom stereocenters. The van der Waals surface area contributed by atoms with Crippen LogP contribution in [0.2, 0.25) is 0 Å². The van der Waals surface area contributed by atoms with E-state index < -0.39 is 24.5 Å². The number of fused-ring (bicyclic) bond motifs is 1. The van der Waals surface area contributed by atoms with Crippen LogP contribution in [0.4, 0.5) is 0 Å². The number of esters is 1. The van der Waals surface area contributed by atoms with E-state index in [-0.39, 0.29) is 25.2 Å². The standard InChI is InChI=1S/C20H22N2O6S/c1-12(2)18(22-19(24)16-4-3-7-29-16)20(25)26-10-17(23)21-9-13-5-6-14-15(8-13)28-11-27-14/h3-8,12,18H,9-11H2,1-2H3,(H,21,23)(H,22,24)/t18-/m0/s1. The van der Waals surface area contributed by atoms with Gasteiger partial charge in [0.15, 0.2) is 18.1 Å². The fourth-order valence-electron chi connectivity index (χ4n) is 2.65. The highest BCUT2D eigenvalue weighted by Gasteiger charge is 2.27. The Morgan fingerprint density at radius 3 is 2.69 bits per heavy atom. The molecular formula is C20H22N2O6S. The molecule has 29 heavy (non-hydrogen) atoms. The summed E-state index contributed by atoms with van der Waals surface area (Å²) in [5, 5.41) is 7.12. The van der Waals surface area contributed by atoms with Crippen molar-refractivity contribution < 1.29 is 28.6 Å². The van der Waals surface area contributed by atoms with E-state index in [0.29, 0.717) is 16.4 Å². The van der Waals surface area contributed by atoms with E-state index in [1.165, 1.54) is 11.3 Å². The molecule has 154 valence electrons. The summed E-state index contributed by atoms with van der Waals surface area (Å²) in [6.45, 7) is 3.60. The van der Waals surface area contributed by atoms with E-state index in [2.05, 4.69) is 10.6 Å². The van der Waals surface area contributed by atoms with Crippen molar-refractivity contribution in [1.29, 1.82) is 0 Å². The average Bonchev–Trinajstić information content (AvgIpc) is 3.39. The fraction of sp³-hybridized carbons (Fsp3) is 0.350. The van der Waals surface area contributed by atoms with Crippen molar-refractivity contribution in [3.05, 3.63) is 46.2 Å². The first kappa shape index (κ1) is 20.7. The van der Waals surface area contributed by atoms with Crippen molar-refractivity contribution in [2.45, 2.75) is 26.4 Å². The minimum absolute atomic E-state index is 0.182. The molecule has 0 radical (unpaired) electrons. The van der Waals surface area contributed by atoms with Crippen LogP contribution >= 0.6 is 11.3 Å². The first-order valence-corrected chi connectivity index (χ1v) is 9.98. The number of carbonyl (C=O) groups is 3. The summed E-state index contributed by atoms with van der Waals surface area (Å²) >= 11 is 1.28. The predicted octanol–water partition coefficient (Wildman–Crippen LogP) is 2.09. The first-order chi connectivity index (χ1) is 13.9. The molecule has 0 saturated carbocycles. The molecule has 2 heterocycles. The van der Waals surface area contributed by atoms with Crippen LogP contribution < -0.4 is 20.1 Å². The zero-order valence-electron chi connectivity index (χ0n) is 16.1. The van der Waals surface area contributed by atoms with Gasteiger partial charge in [0.1, 0.15) is 6.04 Å². The number of nitrogens with one attached hydrogen (secondary N) is 2. The average molecular weight is 418 g/mol. The van der Waals surface area contributed by atoms with Crippen molar-refractivity contribution in [3.8, 4) is 11.5 Å². The Labute approximate surface area is 172 Å². The maximum absolute atomic E-state index is 12.4. The van der Waals surface area contributed by atoms with Gasteiger partial charge >= 0.3 is 5.97 Å². The molecule has 0 saturated heterocycles. The van der Waals surface area contributed by atoms with Gasteiger partial charge in [0, 0.05) is 6.54 Å². The number of amides is 2. The monoisotopic (exact) mass is 418 g/mol. The van der Waals surface area contributed by atoms with Gasteiger partial charge in [0.2, 0.25) is 6.79 Å². The maximum Gasteiger partial charge on any atom is 0.329 e. The van der Waals surface area contributed by atoms with Gasteiger partial charge in [-0.25, -0.2) is 4.79 Å². The first-order valence-electron chi connectivity index (χ1n) is 9.10. The summed E-state index contributed by atoms with van der Waals surface area (Å²) in [5.74, 6) is -0.333. The lowest BCUT2D eigenvalue weighted by Crippen LogP contribution is -2.46. The van der Waals surface area contributed by atoms with Crippen LogP contribution in [0.3, 0.4) is 0 Å². The molecule has 9 heteroatoms. The largest absolute Gasteiger partial charge is 0.454 e. The molecule has 8 nitrogen and oxygen atoms in total. The van der Waals surface area contributed by atoms with Crippen LogP contribution in [-0.4, -0.2) is 37.2 Å². The molecule has 0 bridgehead atoms. The van der Waals surface area contributed by atoms with Gasteiger partial charge < -0.3 is 24.8 Å². The van der Waals surface area contributed by atoms with Crippen molar-refractivity contribution >= 4 is 29.1 Å². The van der Waals surface area contributed by atoms with Gasteiger partial charge in [-0.15, -0.1) is 11.3 Å². The normalized spacial score (nSPS) is 13.1. The van der Waals surface area contributed by atoms with Crippen molar-refractivity contribution in [2.24, 2.45) is 5.92 Å². The van der Waals surface area contributed by atoms with Gasteiger partial charge in [0.25, 0.3) is 11.8 Å². The van der Waals surface area contributed by atoms with Crippen LogP contribution in [0.25, 0.3) is 0 Å². The molecule has 0 fully saturated rings. The molecule has 0 aliphatic carbocycles. The highest BCUT2D eigenvalue weighted by molar-refractivity contribution is 7.12. The van der Waals surface area contributed by atoms with Crippen molar-refractivity contribution in [3.63, 3.8) is 0 Å². The van der Waals surface area contributed by atoms with Gasteiger partial charge in [-0.05, 0) is 35.1 Å². The predicted molar refractivity (Wildman–Crippen MR) is 106 cm³/mol. The van der Waals surface area contributed by atoms with Gasteiger partial charge in [-0.2, -0.15) is 0 Å². The molecule has 1 aliphatic heterocycles. The highest BCUT2D eigenvalue weighted by atomic mass is 32.1. The smallest absolute Gasteiger partial charge is 0.329 e. The Morgan fingerprint density at radius 2 is 1.97 bits per heavy atom. The number of hydrogen-bond donors (Lipinski definition) is 2. The second-order valence-corrected chi connectivity index (χ2v) is 7.69. The Morgan fingerprint density at radius 1 is 1.17 bits per heavy atom.